The van der Waals surface area contributed by atoms with Gasteiger partial charge in [-0.05, 0) is 49.4 Å². The van der Waals surface area contributed by atoms with Crippen LogP contribution in [-0.4, -0.2) is 5.91 Å². The van der Waals surface area contributed by atoms with E-state index < -0.39 is 17.5 Å². The number of rotatable bonds is 4. The van der Waals surface area contributed by atoms with Gasteiger partial charge in [-0.3, -0.25) is 4.79 Å². The predicted molar refractivity (Wildman–Crippen MR) is 80.5 cm³/mol. The highest BCUT2D eigenvalue weighted by atomic mass is 19.1. The van der Waals surface area contributed by atoms with Gasteiger partial charge in [0.2, 0.25) is 0 Å². The highest BCUT2D eigenvalue weighted by molar-refractivity contribution is 5.94. The van der Waals surface area contributed by atoms with Crippen molar-refractivity contribution in [3.05, 3.63) is 70.8 Å². The molecule has 0 unspecified atom stereocenters. The number of hydrogen-bond acceptors (Lipinski definition) is 1. The second-order valence-corrected chi connectivity index (χ2v) is 5.82. The fourth-order valence-electron chi connectivity index (χ4n) is 2.57. The summed E-state index contributed by atoms with van der Waals surface area (Å²) in [5.41, 5.74) is 1.89. The smallest absolute Gasteiger partial charge is 0.254 e. The molecule has 1 fully saturated rings. The van der Waals surface area contributed by atoms with Crippen LogP contribution in [0.15, 0.2) is 42.5 Å². The summed E-state index contributed by atoms with van der Waals surface area (Å²) in [4.78, 5) is 12.3. The van der Waals surface area contributed by atoms with Crippen LogP contribution in [0, 0.1) is 24.5 Å². The molecule has 1 N–H and O–H groups in total. The second kappa shape index (κ2) is 5.87. The lowest BCUT2D eigenvalue weighted by molar-refractivity contribution is 0.0927. The van der Waals surface area contributed by atoms with Crippen LogP contribution in [0.5, 0.6) is 0 Å². The summed E-state index contributed by atoms with van der Waals surface area (Å²) in [6, 6.07) is 10.7. The van der Waals surface area contributed by atoms with Crippen molar-refractivity contribution in [3.63, 3.8) is 0 Å². The molecule has 114 valence electrons. The zero-order chi connectivity index (χ0) is 15.7. The molecule has 2 aromatic carbocycles. The molecule has 4 heteroatoms. The van der Waals surface area contributed by atoms with Gasteiger partial charge in [-0.1, -0.05) is 29.8 Å². The van der Waals surface area contributed by atoms with Crippen molar-refractivity contribution >= 4 is 5.91 Å². The second-order valence-electron chi connectivity index (χ2n) is 5.82. The van der Waals surface area contributed by atoms with Crippen molar-refractivity contribution in [1.29, 1.82) is 0 Å². The van der Waals surface area contributed by atoms with Crippen LogP contribution >= 0.6 is 0 Å². The number of halogens is 2. The molecule has 1 amide bonds. The molecule has 0 aromatic heterocycles. The zero-order valence-corrected chi connectivity index (χ0v) is 12.3. The molecule has 22 heavy (non-hydrogen) atoms. The van der Waals surface area contributed by atoms with Gasteiger partial charge in [-0.15, -0.1) is 0 Å². The predicted octanol–water partition coefficient (Wildman–Crippen LogP) is 4.15. The van der Waals surface area contributed by atoms with E-state index >= 15 is 0 Å². The van der Waals surface area contributed by atoms with Crippen LogP contribution in [0.2, 0.25) is 0 Å². The quantitative estimate of drug-likeness (QED) is 0.903. The Kier molecular flexibility index (Phi) is 3.92. The summed E-state index contributed by atoms with van der Waals surface area (Å²) in [6.45, 7) is 2.00. The fourth-order valence-corrected chi connectivity index (χ4v) is 2.57. The molecule has 0 bridgehead atoms. The third kappa shape index (κ3) is 3.16. The van der Waals surface area contributed by atoms with Crippen molar-refractivity contribution in [3.8, 4) is 0 Å². The monoisotopic (exact) mass is 301 g/mol. The third-order valence-corrected chi connectivity index (χ3v) is 3.99. The first-order valence-corrected chi connectivity index (χ1v) is 7.37. The Morgan fingerprint density at radius 3 is 2.45 bits per heavy atom. The molecule has 0 aliphatic heterocycles. The number of nitrogens with one attached hydrogen (secondary N) is 1. The molecule has 1 aliphatic carbocycles. The summed E-state index contributed by atoms with van der Waals surface area (Å²) in [7, 11) is 0. The van der Waals surface area contributed by atoms with Crippen LogP contribution < -0.4 is 5.32 Å². The first-order chi connectivity index (χ1) is 10.5. The summed E-state index contributed by atoms with van der Waals surface area (Å²) in [6.07, 6.45) is 2.06. The zero-order valence-electron chi connectivity index (χ0n) is 12.3. The lowest BCUT2D eigenvalue weighted by atomic mass is 10.0. The number of carbonyl (C=O) groups excluding carboxylic acids is 1. The van der Waals surface area contributed by atoms with Gasteiger partial charge in [0, 0.05) is 0 Å². The number of aryl methyl sites for hydroxylation is 1. The highest BCUT2D eigenvalue weighted by Gasteiger charge is 2.34. The van der Waals surface area contributed by atoms with E-state index in [1.54, 1.807) is 0 Å². The van der Waals surface area contributed by atoms with Crippen molar-refractivity contribution in [1.82, 2.24) is 5.32 Å². The Bertz CT molecular complexity index is 693. The van der Waals surface area contributed by atoms with Crippen LogP contribution in [0.25, 0.3) is 0 Å². The van der Waals surface area contributed by atoms with Crippen molar-refractivity contribution < 1.29 is 13.6 Å². The van der Waals surface area contributed by atoms with E-state index in [0.717, 1.165) is 42.2 Å². The van der Waals surface area contributed by atoms with Gasteiger partial charge in [0.25, 0.3) is 5.91 Å². The number of benzene rings is 2. The van der Waals surface area contributed by atoms with Crippen LogP contribution in [-0.2, 0) is 0 Å². The highest BCUT2D eigenvalue weighted by Crippen LogP contribution is 2.41. The number of hydrogen-bond donors (Lipinski definition) is 1. The number of carbonyl (C=O) groups is 1. The van der Waals surface area contributed by atoms with E-state index in [9.17, 15) is 13.6 Å². The molecule has 0 heterocycles. The number of amides is 1. The molecule has 2 aromatic rings. The van der Waals surface area contributed by atoms with Crippen LogP contribution in [0.4, 0.5) is 8.78 Å². The Balaban J connectivity index is 1.83. The topological polar surface area (TPSA) is 29.1 Å². The maximum atomic E-state index is 13.7. The largest absolute Gasteiger partial charge is 0.345 e. The molecule has 1 atom stereocenters. The minimum atomic E-state index is -0.711. The SMILES string of the molecule is Cc1ccc([C@@H](NC(=O)c2cc(F)ccc2F)C2CC2)cc1. The average molecular weight is 301 g/mol. The minimum absolute atomic E-state index is 0.157. The molecule has 0 radical (unpaired) electrons. The first kappa shape index (κ1) is 14.7. The normalized spacial score (nSPS) is 15.4. The van der Waals surface area contributed by atoms with Crippen LogP contribution in [0.3, 0.4) is 0 Å². The summed E-state index contributed by atoms with van der Waals surface area (Å²) >= 11 is 0. The van der Waals surface area contributed by atoms with Gasteiger partial charge in [-0.2, -0.15) is 0 Å². The average Bonchev–Trinajstić information content (AvgIpc) is 3.33. The van der Waals surface area contributed by atoms with Crippen LogP contribution in [0.1, 0.15) is 40.4 Å². The molecule has 1 saturated carbocycles. The molecule has 0 spiro atoms. The van der Waals surface area contributed by atoms with Gasteiger partial charge >= 0.3 is 0 Å². The van der Waals surface area contributed by atoms with E-state index in [-0.39, 0.29) is 11.6 Å². The van der Waals surface area contributed by atoms with Crippen molar-refractivity contribution in [2.45, 2.75) is 25.8 Å². The maximum absolute atomic E-state index is 13.7. The molecular formula is C18H17F2NO. The van der Waals surface area contributed by atoms with Gasteiger partial charge in [0.15, 0.2) is 0 Å². The summed E-state index contributed by atoms with van der Waals surface area (Å²) in [5, 5.41) is 2.85. The van der Waals surface area contributed by atoms with E-state index in [1.165, 1.54) is 0 Å². The van der Waals surface area contributed by atoms with E-state index in [1.807, 2.05) is 31.2 Å². The van der Waals surface area contributed by atoms with Crippen molar-refractivity contribution in [2.75, 3.05) is 0 Å². The molecule has 3 rings (SSSR count). The van der Waals surface area contributed by atoms with Gasteiger partial charge in [0.05, 0.1) is 11.6 Å². The third-order valence-electron chi connectivity index (χ3n) is 3.99. The van der Waals surface area contributed by atoms with E-state index in [2.05, 4.69) is 5.32 Å². The fraction of sp³-hybridized carbons (Fsp3) is 0.278. The first-order valence-electron chi connectivity index (χ1n) is 7.37. The van der Waals surface area contributed by atoms with Gasteiger partial charge in [0.1, 0.15) is 11.6 Å². The Labute approximate surface area is 128 Å². The lowest BCUT2D eigenvalue weighted by Crippen LogP contribution is -2.30. The van der Waals surface area contributed by atoms with Gasteiger partial charge in [-0.25, -0.2) is 8.78 Å². The van der Waals surface area contributed by atoms with E-state index in [0.29, 0.717) is 5.92 Å². The summed E-state index contributed by atoms with van der Waals surface area (Å²) in [5.74, 6) is -1.54. The Morgan fingerprint density at radius 1 is 1.14 bits per heavy atom. The van der Waals surface area contributed by atoms with Gasteiger partial charge < -0.3 is 5.32 Å². The minimum Gasteiger partial charge on any atom is -0.345 e. The summed E-state index contributed by atoms with van der Waals surface area (Å²) < 4.78 is 27.0. The lowest BCUT2D eigenvalue weighted by Gasteiger charge is -2.19. The molecular weight excluding hydrogens is 284 g/mol. The van der Waals surface area contributed by atoms with Crippen molar-refractivity contribution in [2.24, 2.45) is 5.92 Å². The standard InChI is InChI=1S/C18H17F2NO/c1-11-2-4-12(5-3-11)17(13-6-7-13)21-18(22)15-10-14(19)8-9-16(15)20/h2-5,8-10,13,17H,6-7H2,1H3,(H,21,22)/t17-/m1/s1. The Hall–Kier alpha value is -2.23. The molecule has 2 nitrogen and oxygen atoms in total. The Morgan fingerprint density at radius 2 is 1.82 bits per heavy atom. The van der Waals surface area contributed by atoms with E-state index in [4.69, 9.17) is 0 Å². The maximum Gasteiger partial charge on any atom is 0.254 e. The molecule has 1 aliphatic rings. The molecule has 0 saturated heterocycles.